The van der Waals surface area contributed by atoms with E-state index >= 15 is 0 Å². The number of rotatable bonds is 2. The van der Waals surface area contributed by atoms with Gasteiger partial charge in [-0.05, 0) is 159 Å². The van der Waals surface area contributed by atoms with Crippen molar-refractivity contribution in [1.29, 1.82) is 0 Å². The van der Waals surface area contributed by atoms with Gasteiger partial charge in [0.1, 0.15) is 0 Å². The zero-order chi connectivity index (χ0) is 36.7. The maximum absolute atomic E-state index is 2.67. The molecule has 5 aliphatic carbocycles. The van der Waals surface area contributed by atoms with Gasteiger partial charge in [-0.3, -0.25) is 0 Å². The molecule has 6 aromatic carbocycles. The van der Waals surface area contributed by atoms with Crippen LogP contribution in [0.4, 0.5) is 0 Å². The molecule has 3 unspecified atom stereocenters. The van der Waals surface area contributed by atoms with Gasteiger partial charge in [0.2, 0.25) is 0 Å². The largest absolute Gasteiger partial charge is 0.0767 e. The third-order valence-corrected chi connectivity index (χ3v) is 13.2. The van der Waals surface area contributed by atoms with E-state index in [-0.39, 0.29) is 22.7 Å². The first-order valence-corrected chi connectivity index (χ1v) is 19.9. The maximum atomic E-state index is 2.67. The minimum atomic E-state index is 0.0611. The van der Waals surface area contributed by atoms with E-state index < -0.39 is 0 Å². The van der Waals surface area contributed by atoms with Crippen molar-refractivity contribution in [3.05, 3.63) is 184 Å². The van der Waals surface area contributed by atoms with E-state index in [1.165, 1.54) is 99.1 Å². The number of fused-ring (bicyclic) bond motifs is 9. The fourth-order valence-corrected chi connectivity index (χ4v) is 10.4. The van der Waals surface area contributed by atoms with E-state index in [1.807, 2.05) is 0 Å². The van der Waals surface area contributed by atoms with E-state index in [1.54, 1.807) is 5.57 Å². The van der Waals surface area contributed by atoms with E-state index in [0.29, 0.717) is 5.92 Å². The minimum absolute atomic E-state index is 0.0611. The van der Waals surface area contributed by atoms with Crippen LogP contribution in [0.2, 0.25) is 0 Å². The van der Waals surface area contributed by atoms with Gasteiger partial charge >= 0.3 is 0 Å². The fraction of sp³-hybridized carbons (Fsp3) is 0.222. The van der Waals surface area contributed by atoms with Gasteiger partial charge in [0.15, 0.2) is 0 Å². The van der Waals surface area contributed by atoms with Crippen LogP contribution in [0, 0.1) is 23.2 Å². The summed E-state index contributed by atoms with van der Waals surface area (Å²) in [5.74, 6) is 0.872. The Morgan fingerprint density at radius 1 is 0.500 bits per heavy atom. The van der Waals surface area contributed by atoms with Crippen molar-refractivity contribution in [3.8, 4) is 0 Å². The van der Waals surface area contributed by atoms with Crippen molar-refractivity contribution in [2.24, 2.45) is 23.2 Å². The van der Waals surface area contributed by atoms with Gasteiger partial charge in [-0.15, -0.1) is 0 Å². The molecule has 0 nitrogen and oxygen atoms in total. The summed E-state index contributed by atoms with van der Waals surface area (Å²) >= 11 is 0. The molecule has 0 heteroatoms. The smallest absolute Gasteiger partial charge is 0.0218 e. The highest BCUT2D eigenvalue weighted by atomic mass is 14.5. The molecule has 11 rings (SSSR count). The molecule has 3 atom stereocenters. The van der Waals surface area contributed by atoms with E-state index in [9.17, 15) is 0 Å². The summed E-state index contributed by atoms with van der Waals surface area (Å²) < 4.78 is 0. The molecule has 0 amide bonds. The topological polar surface area (TPSA) is 0 Å². The Morgan fingerprint density at radius 2 is 1.06 bits per heavy atom. The first kappa shape index (κ1) is 32.0. The Labute approximate surface area is 319 Å². The van der Waals surface area contributed by atoms with Crippen LogP contribution >= 0.6 is 0 Å². The van der Waals surface area contributed by atoms with Gasteiger partial charge in [0.05, 0.1) is 0 Å². The standard InChI is InChI=1S/C54H46/c1-53(2,3)39-19-11-17-35(23-39)41-30-48-44-27-37-21-31-13-7-8-14-32(31)22-38(37)28-46(44)50-42(36-18-12-20-40(24-36)54(4,5)6)29-47-43-25-33-15-9-10-16-34(33)26-45(43)49(41)51(47)52(48)50/h7-23,25-30,36,51-52H,24H2,1-6H3. The Hall–Kier alpha value is -5.46. The quantitative estimate of drug-likeness (QED) is 0.158. The van der Waals surface area contributed by atoms with Gasteiger partial charge in [-0.2, -0.15) is 0 Å². The number of benzene rings is 6. The van der Waals surface area contributed by atoms with Crippen molar-refractivity contribution in [2.45, 2.75) is 53.4 Å². The van der Waals surface area contributed by atoms with Crippen molar-refractivity contribution < 1.29 is 0 Å². The van der Waals surface area contributed by atoms with Gasteiger partial charge in [-0.25, -0.2) is 0 Å². The van der Waals surface area contributed by atoms with Crippen LogP contribution in [0.5, 0.6) is 0 Å². The molecule has 0 saturated heterocycles. The lowest BCUT2D eigenvalue weighted by Crippen LogP contribution is -2.24. The molecule has 0 heterocycles. The molecule has 0 radical (unpaired) electrons. The molecule has 5 aliphatic rings. The zero-order valence-corrected chi connectivity index (χ0v) is 32.2. The van der Waals surface area contributed by atoms with Crippen LogP contribution in [0.15, 0.2) is 151 Å². The van der Waals surface area contributed by atoms with E-state index in [2.05, 4.69) is 181 Å². The Kier molecular flexibility index (Phi) is 6.55. The number of hydrogen-bond acceptors (Lipinski definition) is 0. The zero-order valence-electron chi connectivity index (χ0n) is 32.2. The molecule has 0 fully saturated rings. The predicted octanol–water partition coefficient (Wildman–Crippen LogP) is 14.4. The fourth-order valence-electron chi connectivity index (χ4n) is 10.4. The highest BCUT2D eigenvalue weighted by Gasteiger charge is 2.51. The predicted molar refractivity (Wildman–Crippen MR) is 232 cm³/mol. The molecule has 6 aromatic rings. The normalized spacial score (nSPS) is 21.4. The van der Waals surface area contributed by atoms with Crippen LogP contribution in [0.1, 0.15) is 81.3 Å². The van der Waals surface area contributed by atoms with Crippen LogP contribution in [-0.4, -0.2) is 0 Å². The molecule has 0 saturated carbocycles. The second-order valence-corrected chi connectivity index (χ2v) is 18.5. The first-order valence-electron chi connectivity index (χ1n) is 19.9. The lowest BCUT2D eigenvalue weighted by Gasteiger charge is -2.37. The molecular weight excluding hydrogens is 649 g/mol. The molecule has 54 heavy (non-hydrogen) atoms. The molecule has 0 bridgehead atoms. The summed E-state index contributed by atoms with van der Waals surface area (Å²) in [5.41, 5.74) is 19.1. The first-order chi connectivity index (χ1) is 26.0. The van der Waals surface area contributed by atoms with Gasteiger partial charge in [-0.1, -0.05) is 144 Å². The van der Waals surface area contributed by atoms with E-state index in [4.69, 9.17) is 0 Å². The third kappa shape index (κ3) is 4.62. The summed E-state index contributed by atoms with van der Waals surface area (Å²) in [4.78, 5) is 0. The number of hydrogen-bond donors (Lipinski definition) is 0. The van der Waals surface area contributed by atoms with E-state index in [0.717, 1.165) is 6.42 Å². The third-order valence-electron chi connectivity index (χ3n) is 13.2. The summed E-state index contributed by atoms with van der Waals surface area (Å²) in [6.07, 6.45) is 13.6. The molecular formula is C54H46. The summed E-state index contributed by atoms with van der Waals surface area (Å²) in [5, 5.41) is 7.90. The average molecular weight is 695 g/mol. The minimum Gasteiger partial charge on any atom is -0.0767 e. The Bertz CT molecular complexity index is 2860. The molecule has 0 spiro atoms. The van der Waals surface area contributed by atoms with Crippen molar-refractivity contribution in [1.82, 2.24) is 0 Å². The Balaban J connectivity index is 1.24. The van der Waals surface area contributed by atoms with Crippen LogP contribution in [0.25, 0.3) is 60.2 Å². The highest BCUT2D eigenvalue weighted by Crippen LogP contribution is 2.67. The van der Waals surface area contributed by atoms with Crippen molar-refractivity contribution in [3.63, 3.8) is 0 Å². The lowest BCUT2D eigenvalue weighted by molar-refractivity contribution is 0.466. The van der Waals surface area contributed by atoms with Gasteiger partial charge in [0, 0.05) is 17.8 Å². The second kappa shape index (κ2) is 11.0. The van der Waals surface area contributed by atoms with Gasteiger partial charge < -0.3 is 0 Å². The van der Waals surface area contributed by atoms with Crippen LogP contribution < -0.4 is 0 Å². The Morgan fingerprint density at radius 3 is 1.70 bits per heavy atom. The lowest BCUT2D eigenvalue weighted by atomic mass is 9.65. The molecule has 262 valence electrons. The monoisotopic (exact) mass is 694 g/mol. The summed E-state index contributed by atoms with van der Waals surface area (Å²) in [7, 11) is 0. The summed E-state index contributed by atoms with van der Waals surface area (Å²) in [6, 6.07) is 42.1. The average Bonchev–Trinajstić information content (AvgIpc) is 3.65. The van der Waals surface area contributed by atoms with Crippen LogP contribution in [0.3, 0.4) is 0 Å². The van der Waals surface area contributed by atoms with Crippen molar-refractivity contribution >= 4 is 60.2 Å². The second-order valence-electron chi connectivity index (χ2n) is 18.5. The van der Waals surface area contributed by atoms with Crippen molar-refractivity contribution in [2.75, 3.05) is 0 Å². The summed E-state index contributed by atoms with van der Waals surface area (Å²) in [6.45, 7) is 14.1. The SMILES string of the molecule is CC(C)(C)C1=CC=CC(C2=C3c4cc5cc6ccccc6cc5cc4C4=CC(c5cccc(C(C)(C)C)c5)=C5c6cc7ccccc7cc6C(=C2)C5C43)C1. The molecule has 0 aliphatic heterocycles. The van der Waals surface area contributed by atoms with Gasteiger partial charge in [0.25, 0.3) is 0 Å². The molecule has 0 N–H and O–H groups in total. The number of allylic oxidation sites excluding steroid dienone is 12. The van der Waals surface area contributed by atoms with Crippen LogP contribution in [-0.2, 0) is 5.41 Å². The molecule has 0 aromatic heterocycles. The maximum Gasteiger partial charge on any atom is 0.0218 e. The highest BCUT2D eigenvalue weighted by molar-refractivity contribution is 6.19.